The van der Waals surface area contributed by atoms with Crippen LogP contribution in [0.2, 0.25) is 0 Å². The Morgan fingerprint density at radius 2 is 0.786 bits per heavy atom. The average Bonchev–Trinajstić information content (AvgIpc) is 3.07. The molecule has 0 saturated heterocycles. The molecule has 9 nitrogen and oxygen atoms in total. The molecule has 192 valence electrons. The van der Waals surface area contributed by atoms with E-state index >= 15 is 0 Å². The van der Waals surface area contributed by atoms with Crippen LogP contribution in [0, 0.1) is 29.2 Å². The minimum atomic E-state index is 0.0798. The Hall–Kier alpha value is -6.63. The Bertz CT molecular complexity index is 2020. The van der Waals surface area contributed by atoms with Crippen molar-refractivity contribution in [1.82, 2.24) is 29.9 Å². The van der Waals surface area contributed by atoms with E-state index in [-0.39, 0.29) is 33.8 Å². The van der Waals surface area contributed by atoms with Crippen molar-refractivity contribution in [3.8, 4) is 45.9 Å². The van der Waals surface area contributed by atoms with Gasteiger partial charge in [0.25, 0.3) is 5.82 Å². The number of nitrogens with zero attached hydrogens (tertiary/aromatic N) is 9. The highest BCUT2D eigenvalue weighted by atomic mass is 15.0. The van der Waals surface area contributed by atoms with Gasteiger partial charge in [0, 0.05) is 11.1 Å². The molecule has 3 aromatic heterocycles. The minimum Gasteiger partial charge on any atom is -0.359 e. The summed E-state index contributed by atoms with van der Waals surface area (Å²) in [5.74, 6) is 0.0798. The Labute approximate surface area is 238 Å². The van der Waals surface area contributed by atoms with Crippen LogP contribution in [0.4, 0.5) is 5.82 Å². The van der Waals surface area contributed by atoms with Crippen LogP contribution in [0.1, 0.15) is 11.4 Å². The van der Waals surface area contributed by atoms with Gasteiger partial charge in [0.05, 0.1) is 5.69 Å². The van der Waals surface area contributed by atoms with Crippen molar-refractivity contribution < 1.29 is 0 Å². The van der Waals surface area contributed by atoms with Crippen molar-refractivity contribution in [2.24, 2.45) is 0 Å². The number of aromatic nitrogens is 6. The first kappa shape index (κ1) is 24.4. The number of benzene rings is 4. The molecule has 0 amide bonds. The van der Waals surface area contributed by atoms with Gasteiger partial charge in [-0.1, -0.05) is 97.6 Å². The number of nitriles is 2. The Kier molecular flexibility index (Phi) is 5.72. The molecule has 42 heavy (non-hydrogen) atoms. The van der Waals surface area contributed by atoms with Crippen molar-refractivity contribution >= 4 is 38.9 Å². The van der Waals surface area contributed by atoms with Gasteiger partial charge in [0.2, 0.25) is 5.52 Å². The van der Waals surface area contributed by atoms with Crippen molar-refractivity contribution in [2.45, 2.75) is 0 Å². The predicted molar refractivity (Wildman–Crippen MR) is 158 cm³/mol. The lowest BCUT2D eigenvalue weighted by molar-refractivity contribution is 1.21. The third-order valence-electron chi connectivity index (χ3n) is 6.80. The molecule has 0 fully saturated rings. The van der Waals surface area contributed by atoms with Crippen LogP contribution in [-0.4, -0.2) is 29.9 Å². The highest BCUT2D eigenvalue weighted by Gasteiger charge is 2.25. The summed E-state index contributed by atoms with van der Waals surface area (Å²) >= 11 is 0. The smallest absolute Gasteiger partial charge is 0.296 e. The van der Waals surface area contributed by atoms with Crippen LogP contribution in [0.25, 0.3) is 71.7 Å². The predicted octanol–water partition coefficient (Wildman–Crippen LogP) is 6.81. The second kappa shape index (κ2) is 9.84. The maximum atomic E-state index is 10.1. The van der Waals surface area contributed by atoms with E-state index in [1.165, 1.54) is 0 Å². The van der Waals surface area contributed by atoms with Gasteiger partial charge in [-0.25, -0.2) is 19.9 Å². The highest BCUT2D eigenvalue weighted by molar-refractivity contribution is 6.19. The van der Waals surface area contributed by atoms with Gasteiger partial charge in [-0.3, -0.25) is 4.98 Å². The van der Waals surface area contributed by atoms with E-state index in [2.05, 4.69) is 17.0 Å². The van der Waals surface area contributed by atoms with E-state index in [9.17, 15) is 10.5 Å². The maximum Gasteiger partial charge on any atom is 0.296 e. The van der Waals surface area contributed by atoms with E-state index in [0.29, 0.717) is 50.3 Å². The van der Waals surface area contributed by atoms with Gasteiger partial charge < -0.3 is 4.85 Å². The summed E-state index contributed by atoms with van der Waals surface area (Å²) in [6.07, 6.45) is 0. The Morgan fingerprint density at radius 3 is 1.17 bits per heavy atom. The molecule has 0 aliphatic carbocycles. The Balaban J connectivity index is 1.70. The normalized spacial score (nSPS) is 10.8. The zero-order valence-electron chi connectivity index (χ0n) is 21.7. The fraction of sp³-hybridized carbons (Fsp3) is 0. The molecule has 0 saturated carbocycles. The molecular weight excluding hydrogens is 522 g/mol. The van der Waals surface area contributed by atoms with Gasteiger partial charge in [-0.2, -0.15) is 10.5 Å². The van der Waals surface area contributed by atoms with Gasteiger partial charge in [-0.15, -0.1) is 4.98 Å². The van der Waals surface area contributed by atoms with Crippen LogP contribution in [-0.2, 0) is 0 Å². The molecule has 0 N–H and O–H groups in total. The van der Waals surface area contributed by atoms with Crippen molar-refractivity contribution in [1.29, 1.82) is 10.5 Å². The molecule has 0 aliphatic heterocycles. The summed E-state index contributed by atoms with van der Waals surface area (Å²) in [6.45, 7) is 7.88. The molecule has 7 rings (SSSR count). The Morgan fingerprint density at radius 1 is 0.452 bits per heavy atom. The van der Waals surface area contributed by atoms with E-state index in [0.717, 1.165) is 0 Å². The van der Waals surface area contributed by atoms with Gasteiger partial charge >= 0.3 is 0 Å². The van der Waals surface area contributed by atoms with Crippen LogP contribution in [0.3, 0.4) is 0 Å². The van der Waals surface area contributed by atoms with E-state index < -0.39 is 0 Å². The summed E-state index contributed by atoms with van der Waals surface area (Å²) in [5.41, 5.74) is 5.22. The molecule has 0 unspecified atom stereocenters. The third kappa shape index (κ3) is 3.84. The summed E-state index contributed by atoms with van der Waals surface area (Å²) in [4.78, 5) is 32.5. The molecule has 7 aromatic rings. The van der Waals surface area contributed by atoms with Crippen LogP contribution >= 0.6 is 0 Å². The van der Waals surface area contributed by atoms with Crippen molar-refractivity contribution in [2.75, 3.05) is 0 Å². The monoisotopic (exact) mass is 537 g/mol. The van der Waals surface area contributed by atoms with E-state index in [1.807, 2.05) is 91.0 Å². The first-order valence-corrected chi connectivity index (χ1v) is 12.8. The zero-order valence-corrected chi connectivity index (χ0v) is 21.7. The minimum absolute atomic E-state index is 0.0798. The zero-order chi connectivity index (χ0) is 28.6. The quantitative estimate of drug-likeness (QED) is 0.177. The number of hydrogen-bond donors (Lipinski definition) is 0. The second-order valence-electron chi connectivity index (χ2n) is 9.26. The topological polar surface area (TPSA) is 129 Å². The van der Waals surface area contributed by atoms with Crippen LogP contribution < -0.4 is 0 Å². The lowest BCUT2D eigenvalue weighted by Crippen LogP contribution is -2.03. The average molecular weight is 538 g/mol. The third-order valence-corrected chi connectivity index (χ3v) is 6.80. The summed E-state index contributed by atoms with van der Waals surface area (Å²) in [6, 6.07) is 32.1. The van der Waals surface area contributed by atoms with Gasteiger partial charge in [-0.05, 0) is 5.56 Å². The second-order valence-corrected chi connectivity index (χ2v) is 9.26. The molecule has 9 heteroatoms. The van der Waals surface area contributed by atoms with Crippen molar-refractivity contribution in [3.63, 3.8) is 0 Å². The molecule has 4 aromatic carbocycles. The number of fused-ring (bicyclic) bond motifs is 6. The molecule has 0 aliphatic rings. The highest BCUT2D eigenvalue weighted by Crippen LogP contribution is 2.37. The molecule has 0 atom stereocenters. The summed E-state index contributed by atoms with van der Waals surface area (Å²) in [5, 5.41) is 20.2. The maximum absolute atomic E-state index is 10.1. The van der Waals surface area contributed by atoms with Crippen LogP contribution in [0.5, 0.6) is 0 Å². The lowest BCUT2D eigenvalue weighted by Gasteiger charge is -2.12. The molecule has 3 heterocycles. The molecular formula is C33H15N9. The fourth-order valence-corrected chi connectivity index (χ4v) is 4.91. The number of hydrogen-bond acceptors (Lipinski definition) is 8. The van der Waals surface area contributed by atoms with Gasteiger partial charge in [0.1, 0.15) is 51.1 Å². The largest absolute Gasteiger partial charge is 0.359 e. The van der Waals surface area contributed by atoms with Crippen LogP contribution in [0.15, 0.2) is 91.0 Å². The first-order valence-electron chi connectivity index (χ1n) is 12.8. The fourth-order valence-electron chi connectivity index (χ4n) is 4.91. The SMILES string of the molecule is [C-]#[N+]c1nc2c3nc(-c4ccccc4)c(C#N)nc3c3nc(-c4ccccc4)c(C#N)nc3c2nc1-c1ccccc1. The first-order chi connectivity index (χ1) is 20.7. The molecule has 0 spiro atoms. The van der Waals surface area contributed by atoms with E-state index in [4.69, 9.17) is 36.5 Å². The lowest BCUT2D eigenvalue weighted by atomic mass is 10.1. The standard InChI is InChI=1S/C33H15N9/c1-36-33-26(21-15-9-4-10-16-21)41-31-28-29(39-24(22(17-34)38-28)19-11-5-2-6-12-19)27-30(32(31)42-33)40-25(23(18-35)37-27)20-13-7-3-8-14-20/h2-16H. The van der Waals surface area contributed by atoms with Crippen molar-refractivity contribution in [3.05, 3.63) is 114 Å². The summed E-state index contributed by atoms with van der Waals surface area (Å²) < 4.78 is 0. The van der Waals surface area contributed by atoms with E-state index in [1.54, 1.807) is 0 Å². The summed E-state index contributed by atoms with van der Waals surface area (Å²) in [7, 11) is 0. The molecule has 0 bridgehead atoms. The van der Waals surface area contributed by atoms with Gasteiger partial charge in [0.15, 0.2) is 11.4 Å². The number of rotatable bonds is 3. The molecule has 0 radical (unpaired) electrons.